The summed E-state index contributed by atoms with van der Waals surface area (Å²) in [7, 11) is -1.68. The first kappa shape index (κ1) is 25.8. The minimum absolute atomic E-state index is 0.0188. The van der Waals surface area contributed by atoms with Gasteiger partial charge in [-0.25, -0.2) is 4.21 Å². The van der Waals surface area contributed by atoms with Crippen molar-refractivity contribution < 1.29 is 28.1 Å². The van der Waals surface area contributed by atoms with Crippen molar-refractivity contribution in [3.8, 4) is 11.5 Å². The predicted octanol–water partition coefficient (Wildman–Crippen LogP) is 5.85. The molecule has 0 saturated carbocycles. The summed E-state index contributed by atoms with van der Waals surface area (Å²) in [4.78, 5) is 41.9. The lowest BCUT2D eigenvalue weighted by Crippen LogP contribution is -2.30. The molecule has 1 atom stereocenters. The normalized spacial score (nSPS) is 15.2. The van der Waals surface area contributed by atoms with Crippen LogP contribution in [0.3, 0.4) is 0 Å². The highest BCUT2D eigenvalue weighted by Gasteiger charge is 2.32. The van der Waals surface area contributed by atoms with Crippen molar-refractivity contribution in [1.29, 1.82) is 0 Å². The van der Waals surface area contributed by atoms with Gasteiger partial charge in [-0.3, -0.25) is 14.4 Å². The molecule has 6 rings (SSSR count). The van der Waals surface area contributed by atoms with Crippen LogP contribution in [0.25, 0.3) is 0 Å². The number of halogens is 1. The molecule has 1 unspecified atom stereocenters. The average molecular weight is 573 g/mol. The van der Waals surface area contributed by atoms with Crippen LogP contribution in [0.5, 0.6) is 11.5 Å². The number of anilines is 2. The summed E-state index contributed by atoms with van der Waals surface area (Å²) >= 11 is 6.20. The number of hydrogen-bond acceptors (Lipinski definition) is 6. The van der Waals surface area contributed by atoms with E-state index in [1.807, 2.05) is 6.07 Å². The van der Waals surface area contributed by atoms with E-state index in [4.69, 9.17) is 21.1 Å². The number of carbonyl (C=O) groups excluding carboxylic acids is 3. The number of Topliss-reactive ketones (excluding diaryl/α,β-unsaturated/α-hetero) is 1. The van der Waals surface area contributed by atoms with E-state index in [2.05, 4.69) is 5.32 Å². The Balaban J connectivity index is 1.42. The van der Waals surface area contributed by atoms with E-state index in [-0.39, 0.29) is 41.8 Å². The molecule has 2 amide bonds. The lowest BCUT2D eigenvalue weighted by Gasteiger charge is -2.24. The second-order valence-electron chi connectivity index (χ2n) is 9.23. The average Bonchev–Trinajstić information content (AvgIpc) is 3.39. The van der Waals surface area contributed by atoms with Crippen molar-refractivity contribution in [1.82, 2.24) is 0 Å². The minimum atomic E-state index is -1.68. The summed E-state index contributed by atoms with van der Waals surface area (Å²) in [5.74, 6) is -0.303. The molecule has 1 N–H and O–H groups in total. The molecule has 2 heterocycles. The molecule has 0 radical (unpaired) electrons. The number of hydrogen-bond donors (Lipinski definition) is 1. The van der Waals surface area contributed by atoms with Crippen molar-refractivity contribution in [3.05, 3.63) is 106 Å². The molecule has 0 aromatic heterocycles. The first-order valence-corrected chi connectivity index (χ1v) is 13.8. The first-order valence-electron chi connectivity index (χ1n) is 12.3. The first-order chi connectivity index (χ1) is 19.3. The van der Waals surface area contributed by atoms with E-state index in [0.717, 1.165) is 5.56 Å². The van der Waals surface area contributed by atoms with Crippen LogP contribution in [-0.2, 0) is 17.3 Å². The van der Waals surface area contributed by atoms with Gasteiger partial charge in [0.05, 0.1) is 44.1 Å². The van der Waals surface area contributed by atoms with Crippen molar-refractivity contribution in [2.24, 2.45) is 0 Å². The third-order valence-electron chi connectivity index (χ3n) is 6.64. The zero-order chi connectivity index (χ0) is 28.0. The molecular formula is C30H21ClN2O6S. The standard InChI is InChI=1S/C30H21ClN2O6S/c1-17(34)22-13-25-26(39-16-38-25)14-23(22)32-29(35)19-9-10-28-24(12-19)33(15-18-5-4-6-20(31)11-18)30(36)21-7-2-3-8-27(21)40(28)37/h2-14H,15-16H2,1H3,(H,32,35). The van der Waals surface area contributed by atoms with Gasteiger partial charge in [-0.05, 0) is 61.0 Å². The van der Waals surface area contributed by atoms with E-state index in [1.165, 1.54) is 24.0 Å². The third-order valence-corrected chi connectivity index (χ3v) is 8.38. The molecule has 0 saturated heterocycles. The number of nitrogens with one attached hydrogen (secondary N) is 1. The van der Waals surface area contributed by atoms with Crippen molar-refractivity contribution >= 4 is 51.4 Å². The number of carbonyl (C=O) groups is 3. The summed E-state index contributed by atoms with van der Waals surface area (Å²) in [6.45, 7) is 1.55. The molecule has 4 aromatic carbocycles. The second kappa shape index (κ2) is 10.3. The lowest BCUT2D eigenvalue weighted by atomic mass is 10.1. The van der Waals surface area contributed by atoms with Crippen LogP contribution < -0.4 is 19.7 Å². The number of rotatable bonds is 5. The van der Waals surface area contributed by atoms with Gasteiger partial charge in [-0.2, -0.15) is 0 Å². The molecule has 0 fully saturated rings. The highest BCUT2D eigenvalue weighted by Crippen LogP contribution is 2.39. The van der Waals surface area contributed by atoms with Gasteiger partial charge >= 0.3 is 0 Å². The maximum atomic E-state index is 13.8. The topological polar surface area (TPSA) is 102 Å². The Morgan fingerprint density at radius 1 is 0.950 bits per heavy atom. The fourth-order valence-corrected chi connectivity index (χ4v) is 6.27. The van der Waals surface area contributed by atoms with E-state index >= 15 is 0 Å². The Morgan fingerprint density at radius 2 is 1.73 bits per heavy atom. The van der Waals surface area contributed by atoms with Gasteiger partial charge in [0.15, 0.2) is 17.3 Å². The molecule has 0 bridgehead atoms. The molecule has 200 valence electrons. The number of fused-ring (bicyclic) bond motifs is 3. The molecule has 10 heteroatoms. The third kappa shape index (κ3) is 4.63. The van der Waals surface area contributed by atoms with Crippen LogP contribution in [-0.4, -0.2) is 28.6 Å². The quantitative estimate of drug-likeness (QED) is 0.301. The maximum Gasteiger partial charge on any atom is 0.259 e. The molecule has 2 aliphatic rings. The number of benzene rings is 4. The number of ketones is 1. The largest absolute Gasteiger partial charge is 0.454 e. The van der Waals surface area contributed by atoms with Crippen LogP contribution in [0, 0.1) is 0 Å². The van der Waals surface area contributed by atoms with Gasteiger partial charge in [0.2, 0.25) is 6.79 Å². The predicted molar refractivity (Wildman–Crippen MR) is 150 cm³/mol. The Bertz CT molecular complexity index is 1750. The fraction of sp³-hybridized carbons (Fsp3) is 0.100. The zero-order valence-corrected chi connectivity index (χ0v) is 22.7. The van der Waals surface area contributed by atoms with Crippen LogP contribution >= 0.6 is 11.6 Å². The summed E-state index contributed by atoms with van der Waals surface area (Å²) < 4.78 is 24.4. The molecule has 0 spiro atoms. The summed E-state index contributed by atoms with van der Waals surface area (Å²) in [6.07, 6.45) is 0. The Labute approximate surface area is 236 Å². The van der Waals surface area contributed by atoms with E-state index in [0.29, 0.717) is 37.6 Å². The van der Waals surface area contributed by atoms with E-state index < -0.39 is 16.7 Å². The van der Waals surface area contributed by atoms with Crippen molar-refractivity contribution in [3.63, 3.8) is 0 Å². The zero-order valence-electron chi connectivity index (χ0n) is 21.1. The monoisotopic (exact) mass is 572 g/mol. The van der Waals surface area contributed by atoms with Gasteiger partial charge in [0, 0.05) is 22.2 Å². The number of nitrogens with zero attached hydrogens (tertiary/aromatic N) is 1. The Morgan fingerprint density at radius 3 is 2.50 bits per heavy atom. The minimum Gasteiger partial charge on any atom is -0.454 e. The van der Waals surface area contributed by atoms with E-state index in [1.54, 1.807) is 60.7 Å². The summed E-state index contributed by atoms with van der Waals surface area (Å²) in [6, 6.07) is 21.6. The smallest absolute Gasteiger partial charge is 0.259 e. The van der Waals surface area contributed by atoms with Crippen LogP contribution in [0.1, 0.15) is 43.6 Å². The van der Waals surface area contributed by atoms with Crippen LogP contribution in [0.2, 0.25) is 5.02 Å². The molecular weight excluding hydrogens is 552 g/mol. The van der Waals surface area contributed by atoms with Gasteiger partial charge < -0.3 is 19.7 Å². The van der Waals surface area contributed by atoms with Crippen LogP contribution in [0.15, 0.2) is 88.7 Å². The Hall–Kier alpha value is -4.47. The SMILES string of the molecule is CC(=O)c1cc2c(cc1NC(=O)c1ccc3c(c1)N(Cc1cccc(Cl)c1)C(=O)c1ccccc1S3=O)OCO2. The van der Waals surface area contributed by atoms with E-state index in [9.17, 15) is 18.6 Å². The van der Waals surface area contributed by atoms with Gasteiger partial charge in [0.1, 0.15) is 0 Å². The van der Waals surface area contributed by atoms with Crippen LogP contribution in [0.4, 0.5) is 11.4 Å². The second-order valence-corrected chi connectivity index (χ2v) is 11.1. The van der Waals surface area contributed by atoms with Crippen molar-refractivity contribution in [2.45, 2.75) is 23.3 Å². The molecule has 8 nitrogen and oxygen atoms in total. The molecule has 4 aromatic rings. The maximum absolute atomic E-state index is 13.8. The highest BCUT2D eigenvalue weighted by atomic mass is 35.5. The highest BCUT2D eigenvalue weighted by molar-refractivity contribution is 7.85. The lowest BCUT2D eigenvalue weighted by molar-refractivity contribution is 0.0978. The Kier molecular flexibility index (Phi) is 6.61. The molecule has 0 aliphatic carbocycles. The molecule has 40 heavy (non-hydrogen) atoms. The summed E-state index contributed by atoms with van der Waals surface area (Å²) in [5, 5.41) is 3.30. The molecule has 2 aliphatic heterocycles. The van der Waals surface area contributed by atoms with Crippen molar-refractivity contribution in [2.75, 3.05) is 17.0 Å². The fourth-order valence-electron chi connectivity index (χ4n) is 4.71. The number of ether oxygens (including phenoxy) is 2. The summed E-state index contributed by atoms with van der Waals surface area (Å²) in [5.41, 5.74) is 2.15. The number of amides is 2. The van der Waals surface area contributed by atoms with Gasteiger partial charge in [-0.1, -0.05) is 35.9 Å². The van der Waals surface area contributed by atoms with Gasteiger partial charge in [-0.15, -0.1) is 0 Å². The van der Waals surface area contributed by atoms with Gasteiger partial charge in [0.25, 0.3) is 11.8 Å².